The predicted molar refractivity (Wildman–Crippen MR) is 87.6 cm³/mol. The number of halogens is 1. The molecule has 0 amide bonds. The summed E-state index contributed by atoms with van der Waals surface area (Å²) in [6, 6.07) is 13.0. The van der Waals surface area contributed by atoms with Crippen LogP contribution < -0.4 is 10.5 Å². The van der Waals surface area contributed by atoms with Gasteiger partial charge in [-0.05, 0) is 30.2 Å². The molecule has 1 unspecified atom stereocenters. The summed E-state index contributed by atoms with van der Waals surface area (Å²) in [6.45, 7) is 0.498. The van der Waals surface area contributed by atoms with Crippen molar-refractivity contribution in [2.45, 2.75) is 16.6 Å². The standard InChI is InChI=1S/C16H14FNOS2/c17-12-5-3-6-13(15(12)16(18)20)19-9-11-8-10-4-1-2-7-14(10)21-11/h1-7,11H,8-9H2,(H2,18,20). The summed E-state index contributed by atoms with van der Waals surface area (Å²) < 4.78 is 19.5. The van der Waals surface area contributed by atoms with Crippen LogP contribution in [0.15, 0.2) is 47.4 Å². The van der Waals surface area contributed by atoms with E-state index in [-0.39, 0.29) is 10.6 Å². The van der Waals surface area contributed by atoms with Gasteiger partial charge in [-0.1, -0.05) is 36.5 Å². The molecule has 3 rings (SSSR count). The van der Waals surface area contributed by atoms with Crippen molar-refractivity contribution in [2.24, 2.45) is 5.73 Å². The number of ether oxygens (including phenoxy) is 1. The summed E-state index contributed by atoms with van der Waals surface area (Å²) in [4.78, 5) is 1.31. The monoisotopic (exact) mass is 319 g/mol. The molecule has 0 aliphatic carbocycles. The Morgan fingerprint density at radius 2 is 2.10 bits per heavy atom. The van der Waals surface area contributed by atoms with Gasteiger partial charge in [-0.2, -0.15) is 0 Å². The first-order chi connectivity index (χ1) is 10.1. The van der Waals surface area contributed by atoms with Crippen molar-refractivity contribution in [3.63, 3.8) is 0 Å². The van der Waals surface area contributed by atoms with Crippen LogP contribution in [-0.2, 0) is 6.42 Å². The number of nitrogens with two attached hydrogens (primary N) is 1. The van der Waals surface area contributed by atoms with Crippen LogP contribution in [-0.4, -0.2) is 16.8 Å². The molecule has 1 aliphatic heterocycles. The topological polar surface area (TPSA) is 35.2 Å². The summed E-state index contributed by atoms with van der Waals surface area (Å²) in [5, 5.41) is 0.324. The van der Waals surface area contributed by atoms with Crippen LogP contribution in [0.5, 0.6) is 5.75 Å². The fourth-order valence-electron chi connectivity index (χ4n) is 2.39. The first kappa shape index (κ1) is 14.4. The average molecular weight is 319 g/mol. The maximum atomic E-state index is 13.8. The quantitative estimate of drug-likeness (QED) is 0.874. The summed E-state index contributed by atoms with van der Waals surface area (Å²) in [5.74, 6) is -0.0265. The number of thiocarbonyl (C=S) groups is 1. The number of fused-ring (bicyclic) bond motifs is 1. The molecule has 1 aliphatic rings. The Morgan fingerprint density at radius 3 is 2.86 bits per heavy atom. The van der Waals surface area contributed by atoms with Crippen molar-refractivity contribution < 1.29 is 9.13 Å². The van der Waals surface area contributed by atoms with Gasteiger partial charge in [-0.3, -0.25) is 0 Å². The van der Waals surface area contributed by atoms with Crippen LogP contribution in [0.4, 0.5) is 4.39 Å². The lowest BCUT2D eigenvalue weighted by Crippen LogP contribution is -2.18. The minimum atomic E-state index is -0.442. The molecule has 21 heavy (non-hydrogen) atoms. The first-order valence-corrected chi connectivity index (χ1v) is 7.89. The summed E-state index contributed by atoms with van der Waals surface area (Å²) in [7, 11) is 0. The first-order valence-electron chi connectivity index (χ1n) is 6.61. The highest BCUT2D eigenvalue weighted by Gasteiger charge is 2.23. The lowest BCUT2D eigenvalue weighted by atomic mass is 10.1. The molecule has 5 heteroatoms. The Bertz CT molecular complexity index is 665. The van der Waals surface area contributed by atoms with Gasteiger partial charge in [0.25, 0.3) is 0 Å². The van der Waals surface area contributed by atoms with Crippen LogP contribution in [0.3, 0.4) is 0 Å². The zero-order chi connectivity index (χ0) is 14.8. The van der Waals surface area contributed by atoms with E-state index in [4.69, 9.17) is 22.7 Å². The normalized spacial score (nSPS) is 16.5. The predicted octanol–water partition coefficient (Wildman–Crippen LogP) is 3.56. The molecule has 0 saturated carbocycles. The lowest BCUT2D eigenvalue weighted by Gasteiger charge is -2.14. The average Bonchev–Trinajstić information content (AvgIpc) is 2.87. The third-order valence-corrected chi connectivity index (χ3v) is 4.85. The molecule has 0 aromatic heterocycles. The SMILES string of the molecule is NC(=S)c1c(F)cccc1OCC1Cc2ccccc2S1. The van der Waals surface area contributed by atoms with Gasteiger partial charge in [0.15, 0.2) is 0 Å². The fourth-order valence-corrected chi connectivity index (χ4v) is 3.81. The molecular weight excluding hydrogens is 305 g/mol. The van der Waals surface area contributed by atoms with Gasteiger partial charge in [0, 0.05) is 10.1 Å². The van der Waals surface area contributed by atoms with E-state index in [0.717, 1.165) is 6.42 Å². The van der Waals surface area contributed by atoms with Gasteiger partial charge in [-0.15, -0.1) is 11.8 Å². The second-order valence-electron chi connectivity index (χ2n) is 4.84. The summed E-state index contributed by atoms with van der Waals surface area (Å²) in [5.41, 5.74) is 7.10. The highest BCUT2D eigenvalue weighted by atomic mass is 32.2. The van der Waals surface area contributed by atoms with E-state index in [1.807, 2.05) is 12.1 Å². The molecule has 2 nitrogen and oxygen atoms in total. The maximum absolute atomic E-state index is 13.8. The van der Waals surface area contributed by atoms with Gasteiger partial charge in [0.2, 0.25) is 0 Å². The zero-order valence-corrected chi connectivity index (χ0v) is 12.8. The van der Waals surface area contributed by atoms with Crippen molar-refractivity contribution in [1.29, 1.82) is 0 Å². The van der Waals surface area contributed by atoms with Gasteiger partial charge in [-0.25, -0.2) is 4.39 Å². The third-order valence-electron chi connectivity index (χ3n) is 3.36. The van der Waals surface area contributed by atoms with Crippen LogP contribution in [0.2, 0.25) is 0 Å². The van der Waals surface area contributed by atoms with Gasteiger partial charge < -0.3 is 10.5 Å². The minimum absolute atomic E-state index is 0.0189. The Morgan fingerprint density at radius 1 is 1.29 bits per heavy atom. The molecule has 1 atom stereocenters. The van der Waals surface area contributed by atoms with E-state index in [2.05, 4.69) is 12.1 Å². The molecule has 1 heterocycles. The highest BCUT2D eigenvalue weighted by Crippen LogP contribution is 2.37. The fraction of sp³-hybridized carbons (Fsp3) is 0.188. The minimum Gasteiger partial charge on any atom is -0.492 e. The molecule has 108 valence electrons. The van der Waals surface area contributed by atoms with Crippen molar-refractivity contribution in [3.8, 4) is 5.75 Å². The van der Waals surface area contributed by atoms with Crippen LogP contribution in [0.1, 0.15) is 11.1 Å². The highest BCUT2D eigenvalue weighted by molar-refractivity contribution is 8.00. The molecular formula is C16H14FNOS2. The number of thioether (sulfide) groups is 1. The molecule has 2 aromatic rings. The molecule has 0 fully saturated rings. The third kappa shape index (κ3) is 3.04. The van der Waals surface area contributed by atoms with E-state index in [1.165, 1.54) is 16.5 Å². The summed E-state index contributed by atoms with van der Waals surface area (Å²) >= 11 is 6.69. The van der Waals surface area contributed by atoms with E-state index in [9.17, 15) is 4.39 Å². The van der Waals surface area contributed by atoms with Gasteiger partial charge in [0.1, 0.15) is 23.2 Å². The Kier molecular flexibility index (Phi) is 4.12. The Labute approximate surface area is 132 Å². The molecule has 0 spiro atoms. The largest absolute Gasteiger partial charge is 0.492 e. The van der Waals surface area contributed by atoms with Crippen LogP contribution >= 0.6 is 24.0 Å². The molecule has 0 saturated heterocycles. The molecule has 0 radical (unpaired) electrons. The second-order valence-corrected chi connectivity index (χ2v) is 6.62. The van der Waals surface area contributed by atoms with Crippen molar-refractivity contribution in [2.75, 3.05) is 6.61 Å². The summed E-state index contributed by atoms with van der Waals surface area (Å²) in [6.07, 6.45) is 0.957. The van der Waals surface area contributed by atoms with E-state index < -0.39 is 5.82 Å². The van der Waals surface area contributed by atoms with Crippen molar-refractivity contribution in [1.82, 2.24) is 0 Å². The number of hydrogen-bond donors (Lipinski definition) is 1. The molecule has 0 bridgehead atoms. The smallest absolute Gasteiger partial charge is 0.137 e. The number of rotatable bonds is 4. The Balaban J connectivity index is 1.70. The van der Waals surface area contributed by atoms with Gasteiger partial charge >= 0.3 is 0 Å². The second kappa shape index (κ2) is 6.03. The van der Waals surface area contributed by atoms with E-state index in [1.54, 1.807) is 23.9 Å². The molecule has 2 N–H and O–H groups in total. The van der Waals surface area contributed by atoms with Crippen LogP contribution in [0, 0.1) is 5.82 Å². The van der Waals surface area contributed by atoms with Gasteiger partial charge in [0.05, 0.1) is 5.56 Å². The number of benzene rings is 2. The lowest BCUT2D eigenvalue weighted by molar-refractivity contribution is 0.315. The Hall–Kier alpha value is -1.59. The van der Waals surface area contributed by atoms with E-state index in [0.29, 0.717) is 17.6 Å². The zero-order valence-electron chi connectivity index (χ0n) is 11.2. The maximum Gasteiger partial charge on any atom is 0.137 e. The van der Waals surface area contributed by atoms with Crippen molar-refractivity contribution in [3.05, 3.63) is 59.4 Å². The van der Waals surface area contributed by atoms with Crippen LogP contribution in [0.25, 0.3) is 0 Å². The molecule has 2 aromatic carbocycles. The van der Waals surface area contributed by atoms with E-state index >= 15 is 0 Å². The number of hydrogen-bond acceptors (Lipinski definition) is 3. The van der Waals surface area contributed by atoms with Crippen molar-refractivity contribution >= 4 is 29.0 Å².